The van der Waals surface area contributed by atoms with Crippen LogP contribution >= 0.6 is 11.6 Å². The minimum absolute atomic E-state index is 0.000756. The van der Waals surface area contributed by atoms with E-state index in [4.69, 9.17) is 16.3 Å². The molecule has 0 amide bonds. The highest BCUT2D eigenvalue weighted by molar-refractivity contribution is 7.89. The van der Waals surface area contributed by atoms with Crippen LogP contribution in [-0.4, -0.2) is 32.1 Å². The highest BCUT2D eigenvalue weighted by atomic mass is 35.5. The van der Waals surface area contributed by atoms with Crippen molar-refractivity contribution in [1.29, 1.82) is 0 Å². The van der Waals surface area contributed by atoms with Crippen molar-refractivity contribution in [3.63, 3.8) is 0 Å². The van der Waals surface area contributed by atoms with Gasteiger partial charge in [-0.05, 0) is 66.8 Å². The molecule has 0 saturated carbocycles. The van der Waals surface area contributed by atoms with Crippen molar-refractivity contribution >= 4 is 27.6 Å². The van der Waals surface area contributed by atoms with Gasteiger partial charge in [0.05, 0.1) is 4.90 Å². The highest BCUT2D eigenvalue weighted by Crippen LogP contribution is 2.26. The van der Waals surface area contributed by atoms with Crippen molar-refractivity contribution in [3.05, 3.63) is 58.6 Å². The molecule has 0 saturated heterocycles. The monoisotopic (exact) mass is 409 g/mol. The number of carboxylic acids is 1. The zero-order valence-corrected chi connectivity index (χ0v) is 16.1. The second-order valence-electron chi connectivity index (χ2n) is 6.37. The summed E-state index contributed by atoms with van der Waals surface area (Å²) >= 11 is 5.76. The van der Waals surface area contributed by atoms with E-state index in [2.05, 4.69) is 4.72 Å². The number of carbonyl (C=O) groups is 1. The van der Waals surface area contributed by atoms with E-state index in [1.54, 1.807) is 6.07 Å². The number of hydrogen-bond acceptors (Lipinski definition) is 4. The van der Waals surface area contributed by atoms with Gasteiger partial charge in [-0.3, -0.25) is 0 Å². The lowest BCUT2D eigenvalue weighted by Gasteiger charge is -2.16. The first-order chi connectivity index (χ1) is 12.8. The van der Waals surface area contributed by atoms with Gasteiger partial charge in [-0.2, -0.15) is 0 Å². The lowest BCUT2D eigenvalue weighted by atomic mass is 10.1. The van der Waals surface area contributed by atoms with E-state index in [0.717, 1.165) is 19.3 Å². The van der Waals surface area contributed by atoms with Crippen LogP contribution < -0.4 is 9.46 Å². The summed E-state index contributed by atoms with van der Waals surface area (Å²) in [5.41, 5.74) is 2.45. The van der Waals surface area contributed by atoms with Crippen molar-refractivity contribution in [1.82, 2.24) is 4.72 Å². The molecule has 0 fully saturated rings. The molecule has 3 rings (SSSR count). The van der Waals surface area contributed by atoms with Gasteiger partial charge in [-0.25, -0.2) is 17.9 Å². The Balaban J connectivity index is 1.60. The van der Waals surface area contributed by atoms with E-state index < -0.39 is 22.1 Å². The predicted octanol–water partition coefficient (Wildman–Crippen LogP) is 3.03. The molecular weight excluding hydrogens is 390 g/mol. The number of carboxylic acid groups (broad SMARTS) is 1. The third kappa shape index (κ3) is 5.00. The highest BCUT2D eigenvalue weighted by Gasteiger charge is 2.22. The van der Waals surface area contributed by atoms with E-state index in [9.17, 15) is 18.3 Å². The standard InChI is InChI=1S/C19H20ClNO5S/c20-15-5-8-17(9-6-15)27(24,25)21-11-10-18(19(22)23)26-16-7-4-13-2-1-3-14(13)12-16/h4-9,12,18,21H,1-3,10-11H2,(H,22,23). The molecule has 1 atom stereocenters. The Morgan fingerprint density at radius 1 is 1.15 bits per heavy atom. The van der Waals surface area contributed by atoms with Gasteiger partial charge in [0, 0.05) is 18.0 Å². The van der Waals surface area contributed by atoms with Crippen LogP contribution in [0.25, 0.3) is 0 Å². The second-order valence-corrected chi connectivity index (χ2v) is 8.57. The van der Waals surface area contributed by atoms with E-state index >= 15 is 0 Å². The fraction of sp³-hybridized carbons (Fsp3) is 0.316. The summed E-state index contributed by atoms with van der Waals surface area (Å²) in [5.74, 6) is -0.648. The van der Waals surface area contributed by atoms with Gasteiger partial charge < -0.3 is 9.84 Å². The summed E-state index contributed by atoms with van der Waals surface area (Å²) in [6.07, 6.45) is 1.94. The molecule has 6 nitrogen and oxygen atoms in total. The summed E-state index contributed by atoms with van der Waals surface area (Å²) in [6, 6.07) is 11.3. The fourth-order valence-electron chi connectivity index (χ4n) is 3.04. The van der Waals surface area contributed by atoms with Gasteiger partial charge >= 0.3 is 5.97 Å². The molecule has 144 valence electrons. The third-order valence-corrected chi connectivity index (χ3v) is 6.18. The average molecular weight is 410 g/mol. The van der Waals surface area contributed by atoms with Crippen LogP contribution in [0.4, 0.5) is 0 Å². The normalized spacial score (nSPS) is 14.6. The van der Waals surface area contributed by atoms with Crippen molar-refractivity contribution in [3.8, 4) is 5.75 Å². The molecule has 0 aliphatic heterocycles. The van der Waals surface area contributed by atoms with Gasteiger partial charge in [0.1, 0.15) is 5.75 Å². The summed E-state index contributed by atoms with van der Waals surface area (Å²) in [4.78, 5) is 11.6. The summed E-state index contributed by atoms with van der Waals surface area (Å²) in [7, 11) is -3.74. The van der Waals surface area contributed by atoms with Crippen LogP contribution in [0.3, 0.4) is 0 Å². The Morgan fingerprint density at radius 3 is 2.56 bits per heavy atom. The van der Waals surface area contributed by atoms with E-state index in [1.807, 2.05) is 12.1 Å². The first-order valence-corrected chi connectivity index (χ1v) is 10.5. The minimum atomic E-state index is -3.74. The minimum Gasteiger partial charge on any atom is -0.479 e. The van der Waals surface area contributed by atoms with Gasteiger partial charge in [-0.15, -0.1) is 0 Å². The lowest BCUT2D eigenvalue weighted by molar-refractivity contribution is -0.145. The van der Waals surface area contributed by atoms with Gasteiger partial charge in [-0.1, -0.05) is 17.7 Å². The molecule has 0 spiro atoms. The number of sulfonamides is 1. The summed E-state index contributed by atoms with van der Waals surface area (Å²) in [6.45, 7) is -0.0626. The van der Waals surface area contributed by atoms with Crippen LogP contribution in [0.2, 0.25) is 5.02 Å². The maximum atomic E-state index is 12.2. The van der Waals surface area contributed by atoms with Gasteiger partial charge in [0.2, 0.25) is 10.0 Å². The molecule has 1 unspecified atom stereocenters. The molecule has 1 aliphatic rings. The molecular formula is C19H20ClNO5S. The maximum Gasteiger partial charge on any atom is 0.344 e. The molecule has 0 bridgehead atoms. The van der Waals surface area contributed by atoms with E-state index in [1.165, 1.54) is 35.4 Å². The van der Waals surface area contributed by atoms with Gasteiger partial charge in [0.25, 0.3) is 0 Å². The van der Waals surface area contributed by atoms with Crippen LogP contribution in [0.1, 0.15) is 24.0 Å². The average Bonchev–Trinajstić information content (AvgIpc) is 3.08. The Labute approximate surface area is 163 Å². The number of aryl methyl sites for hydroxylation is 2. The van der Waals surface area contributed by atoms with E-state index in [-0.39, 0.29) is 17.9 Å². The molecule has 0 heterocycles. The summed E-state index contributed by atoms with van der Waals surface area (Å²) in [5, 5.41) is 9.82. The van der Waals surface area contributed by atoms with Crippen LogP contribution in [0, 0.1) is 0 Å². The molecule has 27 heavy (non-hydrogen) atoms. The molecule has 0 radical (unpaired) electrons. The number of hydrogen-bond donors (Lipinski definition) is 2. The molecule has 0 aromatic heterocycles. The number of halogens is 1. The number of benzene rings is 2. The van der Waals surface area contributed by atoms with Crippen molar-refractivity contribution < 1.29 is 23.1 Å². The maximum absolute atomic E-state index is 12.2. The molecule has 2 aromatic carbocycles. The topological polar surface area (TPSA) is 92.7 Å². The zero-order chi connectivity index (χ0) is 19.4. The largest absolute Gasteiger partial charge is 0.479 e. The van der Waals surface area contributed by atoms with Crippen LogP contribution in [0.5, 0.6) is 5.75 Å². The SMILES string of the molecule is O=C(O)C(CCNS(=O)(=O)c1ccc(Cl)cc1)Oc1ccc2c(c1)CCC2. The Morgan fingerprint density at radius 2 is 1.85 bits per heavy atom. The van der Waals surface area contributed by atoms with Crippen LogP contribution in [-0.2, 0) is 27.7 Å². The van der Waals surface area contributed by atoms with Crippen molar-refractivity contribution in [2.75, 3.05) is 6.54 Å². The number of nitrogens with one attached hydrogen (secondary N) is 1. The van der Waals surface area contributed by atoms with Crippen LogP contribution in [0.15, 0.2) is 47.4 Å². The van der Waals surface area contributed by atoms with Crippen molar-refractivity contribution in [2.24, 2.45) is 0 Å². The van der Waals surface area contributed by atoms with E-state index in [0.29, 0.717) is 10.8 Å². The smallest absolute Gasteiger partial charge is 0.344 e. The third-order valence-electron chi connectivity index (χ3n) is 4.45. The molecule has 2 N–H and O–H groups in total. The quantitative estimate of drug-likeness (QED) is 0.699. The lowest BCUT2D eigenvalue weighted by Crippen LogP contribution is -2.33. The molecule has 1 aliphatic carbocycles. The molecule has 8 heteroatoms. The number of fused-ring (bicyclic) bond motifs is 1. The Bertz CT molecular complexity index is 928. The summed E-state index contributed by atoms with van der Waals surface area (Å²) < 4.78 is 32.5. The Hall–Kier alpha value is -2.09. The first kappa shape index (κ1) is 19.7. The number of aliphatic carboxylic acids is 1. The predicted molar refractivity (Wildman–Crippen MR) is 102 cm³/mol. The van der Waals surface area contributed by atoms with Gasteiger partial charge in [0.15, 0.2) is 6.10 Å². The Kier molecular flexibility index (Phi) is 6.04. The fourth-order valence-corrected chi connectivity index (χ4v) is 4.21. The number of ether oxygens (including phenoxy) is 1. The first-order valence-electron chi connectivity index (χ1n) is 8.62. The zero-order valence-electron chi connectivity index (χ0n) is 14.5. The number of rotatable bonds is 8. The molecule has 2 aromatic rings. The second kappa shape index (κ2) is 8.29. The van der Waals surface area contributed by atoms with Crippen molar-refractivity contribution in [2.45, 2.75) is 36.7 Å².